The summed E-state index contributed by atoms with van der Waals surface area (Å²) in [6.45, 7) is 6.78. The van der Waals surface area contributed by atoms with E-state index >= 15 is 0 Å². The number of hydrogen-bond donors (Lipinski definition) is 2. The van der Waals surface area contributed by atoms with Gasteiger partial charge in [0.1, 0.15) is 12.1 Å². The van der Waals surface area contributed by atoms with Crippen LogP contribution in [0.5, 0.6) is 0 Å². The minimum absolute atomic E-state index is 0.314. The maximum absolute atomic E-state index is 12.7. The van der Waals surface area contributed by atoms with Crippen molar-refractivity contribution >= 4 is 29.4 Å². The summed E-state index contributed by atoms with van der Waals surface area (Å²) in [6, 6.07) is 6.07. The molecule has 2 N–H and O–H groups in total. The fraction of sp³-hybridized carbons (Fsp3) is 0.438. The largest absolute Gasteiger partial charge is 0.350 e. The van der Waals surface area contributed by atoms with Gasteiger partial charge in [0.25, 0.3) is 5.91 Å². The maximum Gasteiger partial charge on any atom is 0.325 e. The third-order valence-corrected chi connectivity index (χ3v) is 3.76. The van der Waals surface area contributed by atoms with Gasteiger partial charge in [0.15, 0.2) is 0 Å². The third kappa shape index (κ3) is 3.64. The first-order chi connectivity index (χ1) is 10.5. The molecule has 124 valence electrons. The molecule has 7 heteroatoms. The van der Waals surface area contributed by atoms with Crippen LogP contribution < -0.4 is 10.6 Å². The number of carbonyl (C=O) groups excluding carboxylic acids is 3. The minimum Gasteiger partial charge on any atom is -0.350 e. The van der Waals surface area contributed by atoms with E-state index in [0.717, 1.165) is 4.90 Å². The zero-order valence-corrected chi connectivity index (χ0v) is 14.3. The Morgan fingerprint density at radius 1 is 1.26 bits per heavy atom. The van der Waals surface area contributed by atoms with Crippen molar-refractivity contribution in [2.75, 3.05) is 6.54 Å². The molecule has 0 aromatic heterocycles. The number of carbonyl (C=O) groups is 3. The van der Waals surface area contributed by atoms with Crippen molar-refractivity contribution in [1.29, 1.82) is 0 Å². The minimum atomic E-state index is -1.20. The molecule has 0 bridgehead atoms. The van der Waals surface area contributed by atoms with Gasteiger partial charge in [0.2, 0.25) is 5.91 Å². The van der Waals surface area contributed by atoms with Crippen molar-refractivity contribution in [3.05, 3.63) is 34.9 Å². The van der Waals surface area contributed by atoms with E-state index in [9.17, 15) is 14.4 Å². The van der Waals surface area contributed by atoms with Gasteiger partial charge in [0.05, 0.1) is 0 Å². The second-order valence-corrected chi connectivity index (χ2v) is 7.19. The molecule has 1 atom stereocenters. The Bertz CT molecular complexity index is 652. The van der Waals surface area contributed by atoms with Gasteiger partial charge in [-0.15, -0.1) is 0 Å². The highest BCUT2D eigenvalue weighted by Gasteiger charge is 2.49. The molecule has 0 aliphatic carbocycles. The molecule has 1 aromatic rings. The maximum atomic E-state index is 12.7. The number of nitrogens with zero attached hydrogens (tertiary/aromatic N) is 1. The molecule has 1 saturated heterocycles. The molecule has 1 heterocycles. The zero-order valence-electron chi connectivity index (χ0n) is 13.6. The average molecular weight is 338 g/mol. The number of nitrogens with one attached hydrogen (secondary N) is 2. The molecule has 1 aromatic carbocycles. The number of halogens is 1. The topological polar surface area (TPSA) is 78.5 Å². The summed E-state index contributed by atoms with van der Waals surface area (Å²) in [5.74, 6) is -0.852. The molecule has 0 saturated carbocycles. The molecule has 1 aliphatic heterocycles. The third-order valence-electron chi connectivity index (χ3n) is 3.51. The molecule has 23 heavy (non-hydrogen) atoms. The quantitative estimate of drug-likeness (QED) is 0.828. The summed E-state index contributed by atoms with van der Waals surface area (Å²) >= 11 is 5.85. The molecule has 6 nitrogen and oxygen atoms in total. The van der Waals surface area contributed by atoms with E-state index in [1.807, 2.05) is 20.8 Å². The normalized spacial score (nSPS) is 21.3. The van der Waals surface area contributed by atoms with Crippen molar-refractivity contribution in [2.45, 2.75) is 38.8 Å². The molecule has 1 aliphatic rings. The van der Waals surface area contributed by atoms with Crippen LogP contribution >= 0.6 is 11.6 Å². The standard InChI is InChI=1S/C16H20ClN3O3/c1-15(2,3)18-12(21)9-20-13(22)16(4,19-14(20)23)10-5-7-11(17)8-6-10/h5-8H,9H2,1-4H3,(H,18,21)(H,19,23)/t16-/m0/s1. The number of imide groups is 1. The Hall–Kier alpha value is -2.08. The molecule has 0 unspecified atom stereocenters. The fourth-order valence-electron chi connectivity index (χ4n) is 2.42. The highest BCUT2D eigenvalue weighted by atomic mass is 35.5. The lowest BCUT2D eigenvalue weighted by Gasteiger charge is -2.24. The van der Waals surface area contributed by atoms with Gasteiger partial charge in [-0.3, -0.25) is 14.5 Å². The van der Waals surface area contributed by atoms with Crippen LogP contribution in [0.4, 0.5) is 4.79 Å². The first-order valence-corrected chi connectivity index (χ1v) is 7.62. The van der Waals surface area contributed by atoms with Crippen molar-refractivity contribution in [3.8, 4) is 0 Å². The van der Waals surface area contributed by atoms with Crippen LogP contribution in [-0.2, 0) is 15.1 Å². The van der Waals surface area contributed by atoms with Crippen LogP contribution in [0.15, 0.2) is 24.3 Å². The summed E-state index contributed by atoms with van der Waals surface area (Å²) in [5.41, 5.74) is -1.03. The van der Waals surface area contributed by atoms with Gasteiger partial charge in [0, 0.05) is 10.6 Å². The molecular weight excluding hydrogens is 318 g/mol. The van der Waals surface area contributed by atoms with Crippen molar-refractivity contribution < 1.29 is 14.4 Å². The van der Waals surface area contributed by atoms with Gasteiger partial charge in [-0.25, -0.2) is 4.79 Å². The van der Waals surface area contributed by atoms with Crippen LogP contribution in [0, 0.1) is 0 Å². The molecule has 1 fully saturated rings. The van der Waals surface area contributed by atoms with Gasteiger partial charge in [-0.2, -0.15) is 0 Å². The Labute approximate surface area is 140 Å². The second kappa shape index (κ2) is 5.85. The van der Waals surface area contributed by atoms with E-state index in [1.54, 1.807) is 31.2 Å². The number of amides is 4. The van der Waals surface area contributed by atoms with E-state index in [4.69, 9.17) is 11.6 Å². The van der Waals surface area contributed by atoms with E-state index in [-0.39, 0.29) is 12.5 Å². The van der Waals surface area contributed by atoms with Gasteiger partial charge >= 0.3 is 6.03 Å². The summed E-state index contributed by atoms with van der Waals surface area (Å²) in [7, 11) is 0. The number of hydrogen-bond acceptors (Lipinski definition) is 3. The Morgan fingerprint density at radius 2 is 1.83 bits per heavy atom. The first-order valence-electron chi connectivity index (χ1n) is 7.24. The predicted molar refractivity (Wildman–Crippen MR) is 86.9 cm³/mol. The number of urea groups is 1. The monoisotopic (exact) mass is 337 g/mol. The molecular formula is C16H20ClN3O3. The summed E-state index contributed by atoms with van der Waals surface area (Å²) < 4.78 is 0. The molecule has 2 rings (SSSR count). The molecule has 0 spiro atoms. The Balaban J connectivity index is 2.19. The Kier molecular flexibility index (Phi) is 4.39. The van der Waals surface area contributed by atoms with Gasteiger partial charge < -0.3 is 10.6 Å². The lowest BCUT2D eigenvalue weighted by molar-refractivity contribution is -0.135. The lowest BCUT2D eigenvalue weighted by atomic mass is 9.92. The zero-order chi connectivity index (χ0) is 17.4. The summed E-state index contributed by atoms with van der Waals surface area (Å²) in [6.07, 6.45) is 0. The van der Waals surface area contributed by atoms with Crippen molar-refractivity contribution in [2.24, 2.45) is 0 Å². The molecule has 0 radical (unpaired) electrons. The second-order valence-electron chi connectivity index (χ2n) is 6.75. The highest BCUT2D eigenvalue weighted by Crippen LogP contribution is 2.29. The number of benzene rings is 1. The highest BCUT2D eigenvalue weighted by molar-refractivity contribution is 6.30. The SMILES string of the molecule is CC(C)(C)NC(=O)CN1C(=O)N[C@@](C)(c2ccc(Cl)cc2)C1=O. The van der Waals surface area contributed by atoms with E-state index in [0.29, 0.717) is 10.6 Å². The molecule has 4 amide bonds. The summed E-state index contributed by atoms with van der Waals surface area (Å²) in [5, 5.41) is 5.92. The fourth-order valence-corrected chi connectivity index (χ4v) is 2.55. The van der Waals surface area contributed by atoms with Crippen LogP contribution in [0.3, 0.4) is 0 Å². The first kappa shape index (κ1) is 17.3. The summed E-state index contributed by atoms with van der Waals surface area (Å²) in [4.78, 5) is 37.7. The van der Waals surface area contributed by atoms with Crippen molar-refractivity contribution in [3.63, 3.8) is 0 Å². The van der Waals surface area contributed by atoms with Crippen molar-refractivity contribution in [1.82, 2.24) is 15.5 Å². The van der Waals surface area contributed by atoms with E-state index in [1.165, 1.54) is 0 Å². The van der Waals surface area contributed by atoms with Crippen LogP contribution in [0.25, 0.3) is 0 Å². The van der Waals surface area contributed by atoms with Gasteiger partial charge in [-0.05, 0) is 45.4 Å². The lowest BCUT2D eigenvalue weighted by Crippen LogP contribution is -2.48. The van der Waals surface area contributed by atoms with E-state index < -0.39 is 23.0 Å². The number of rotatable bonds is 3. The van der Waals surface area contributed by atoms with Crippen LogP contribution in [0.1, 0.15) is 33.3 Å². The smallest absolute Gasteiger partial charge is 0.325 e. The van der Waals surface area contributed by atoms with Gasteiger partial charge in [-0.1, -0.05) is 23.7 Å². The Morgan fingerprint density at radius 3 is 2.35 bits per heavy atom. The van der Waals surface area contributed by atoms with E-state index in [2.05, 4.69) is 10.6 Å². The van der Waals surface area contributed by atoms with Crippen LogP contribution in [0.2, 0.25) is 5.02 Å². The predicted octanol–water partition coefficient (Wildman–Crippen LogP) is 2.02. The van der Waals surface area contributed by atoms with Crippen LogP contribution in [-0.4, -0.2) is 34.8 Å². The average Bonchev–Trinajstić information content (AvgIpc) is 2.62.